The maximum Gasteiger partial charge on any atom is 0.229 e. The Bertz CT molecular complexity index is 887. The molecule has 154 valence electrons. The highest BCUT2D eigenvalue weighted by molar-refractivity contribution is 5.79. The number of hydrogen-bond donors (Lipinski definition) is 0. The van der Waals surface area contributed by atoms with E-state index >= 15 is 0 Å². The lowest BCUT2D eigenvalue weighted by atomic mass is 9.98. The van der Waals surface area contributed by atoms with Crippen molar-refractivity contribution in [2.75, 3.05) is 0 Å². The molecule has 0 spiro atoms. The number of ether oxygens (including phenoxy) is 2. The number of aromatic nitrogens is 3. The lowest BCUT2D eigenvalue weighted by Crippen LogP contribution is -2.50. The quantitative estimate of drug-likeness (QED) is 0.764. The van der Waals surface area contributed by atoms with Gasteiger partial charge in [-0.15, -0.1) is 0 Å². The summed E-state index contributed by atoms with van der Waals surface area (Å²) in [6.45, 7) is 7.74. The molecule has 2 aliphatic rings. The van der Waals surface area contributed by atoms with Crippen molar-refractivity contribution in [2.45, 2.75) is 71.6 Å². The number of aryl methyl sites for hydroxylation is 1. The van der Waals surface area contributed by atoms with E-state index in [2.05, 4.69) is 19.9 Å². The summed E-state index contributed by atoms with van der Waals surface area (Å²) in [5.74, 6) is 1.98. The van der Waals surface area contributed by atoms with Crippen molar-refractivity contribution >= 4 is 5.91 Å². The second kappa shape index (κ2) is 7.97. The number of nitrogens with zero attached hydrogens (tertiary/aromatic N) is 4. The van der Waals surface area contributed by atoms with Crippen LogP contribution in [-0.2, 0) is 4.79 Å². The van der Waals surface area contributed by atoms with Crippen molar-refractivity contribution in [3.8, 4) is 17.5 Å². The van der Waals surface area contributed by atoms with E-state index in [4.69, 9.17) is 9.47 Å². The van der Waals surface area contributed by atoms with Crippen LogP contribution in [0.1, 0.15) is 50.8 Å². The van der Waals surface area contributed by atoms with Crippen LogP contribution in [0.25, 0.3) is 0 Å². The summed E-state index contributed by atoms with van der Waals surface area (Å²) in [6, 6.07) is 4.23. The van der Waals surface area contributed by atoms with Crippen molar-refractivity contribution in [2.24, 2.45) is 5.92 Å². The second-order valence-electron chi connectivity index (χ2n) is 8.29. The van der Waals surface area contributed by atoms with Crippen molar-refractivity contribution in [1.29, 1.82) is 0 Å². The Kier molecular flexibility index (Phi) is 5.39. The van der Waals surface area contributed by atoms with E-state index in [1.807, 2.05) is 39.8 Å². The van der Waals surface area contributed by atoms with E-state index in [0.29, 0.717) is 17.5 Å². The van der Waals surface area contributed by atoms with Gasteiger partial charge in [0.05, 0.1) is 11.3 Å². The number of amides is 1. The minimum atomic E-state index is 0.0373. The summed E-state index contributed by atoms with van der Waals surface area (Å²) in [6.07, 6.45) is 7.04. The first-order valence-electron chi connectivity index (χ1n) is 10.3. The van der Waals surface area contributed by atoms with Crippen LogP contribution in [0.2, 0.25) is 0 Å². The summed E-state index contributed by atoms with van der Waals surface area (Å²) >= 11 is 0. The summed E-state index contributed by atoms with van der Waals surface area (Å²) in [4.78, 5) is 27.5. The summed E-state index contributed by atoms with van der Waals surface area (Å²) in [5, 5.41) is 0. The summed E-state index contributed by atoms with van der Waals surface area (Å²) < 4.78 is 12.2. The van der Waals surface area contributed by atoms with E-state index in [1.54, 1.807) is 6.20 Å². The van der Waals surface area contributed by atoms with E-state index in [0.717, 1.165) is 36.9 Å². The first-order valence-corrected chi connectivity index (χ1v) is 10.3. The van der Waals surface area contributed by atoms with Crippen LogP contribution in [0.5, 0.6) is 17.5 Å². The molecule has 2 atom stereocenters. The zero-order chi connectivity index (χ0) is 20.5. The van der Waals surface area contributed by atoms with Crippen LogP contribution in [0, 0.1) is 19.8 Å². The minimum Gasteiger partial charge on any atom is -0.474 e. The summed E-state index contributed by atoms with van der Waals surface area (Å²) in [5.41, 5.74) is 1.57. The maximum atomic E-state index is 12.6. The molecule has 0 aliphatic carbocycles. The molecule has 0 radical (unpaired) electrons. The van der Waals surface area contributed by atoms with Gasteiger partial charge >= 0.3 is 0 Å². The molecule has 2 saturated heterocycles. The summed E-state index contributed by atoms with van der Waals surface area (Å²) in [7, 11) is 0. The molecule has 29 heavy (non-hydrogen) atoms. The van der Waals surface area contributed by atoms with E-state index in [-0.39, 0.29) is 30.0 Å². The predicted molar refractivity (Wildman–Crippen MR) is 108 cm³/mol. The van der Waals surface area contributed by atoms with Gasteiger partial charge in [0.2, 0.25) is 17.7 Å². The molecule has 4 rings (SSSR count). The molecule has 7 heteroatoms. The molecule has 1 amide bonds. The number of rotatable bonds is 5. The Labute approximate surface area is 171 Å². The monoisotopic (exact) mass is 396 g/mol. The number of pyridine rings is 1. The second-order valence-corrected chi connectivity index (χ2v) is 8.29. The first kappa shape index (κ1) is 19.6. The van der Waals surface area contributed by atoms with Gasteiger partial charge in [-0.2, -0.15) is 0 Å². The molecule has 2 aromatic rings. The van der Waals surface area contributed by atoms with Gasteiger partial charge < -0.3 is 14.4 Å². The molecule has 2 bridgehead atoms. The third-order valence-corrected chi connectivity index (χ3v) is 5.87. The van der Waals surface area contributed by atoms with E-state index < -0.39 is 0 Å². The highest BCUT2D eigenvalue weighted by Gasteiger charge is 2.44. The van der Waals surface area contributed by atoms with Gasteiger partial charge in [-0.3, -0.25) is 9.78 Å². The highest BCUT2D eigenvalue weighted by atomic mass is 16.5. The Morgan fingerprint density at radius 2 is 1.79 bits per heavy atom. The molecule has 0 N–H and O–H groups in total. The van der Waals surface area contributed by atoms with Gasteiger partial charge in [-0.1, -0.05) is 13.8 Å². The molecule has 2 aromatic heterocycles. The van der Waals surface area contributed by atoms with Crippen LogP contribution in [0.3, 0.4) is 0 Å². The Morgan fingerprint density at radius 3 is 2.45 bits per heavy atom. The van der Waals surface area contributed by atoms with Gasteiger partial charge in [0, 0.05) is 37.0 Å². The zero-order valence-electron chi connectivity index (χ0n) is 17.5. The normalized spacial score (nSPS) is 23.3. The Hall–Kier alpha value is -2.70. The fraction of sp³-hybridized carbons (Fsp3) is 0.545. The molecular formula is C22H28N4O3. The van der Waals surface area contributed by atoms with Gasteiger partial charge in [0.25, 0.3) is 0 Å². The Morgan fingerprint density at radius 1 is 1.10 bits per heavy atom. The lowest BCUT2D eigenvalue weighted by molar-refractivity contribution is -0.140. The molecule has 0 aromatic carbocycles. The molecule has 4 heterocycles. The SMILES string of the molecule is Cc1ncccc1Oc1ncnc(OC2C[C@@H]3CC[C@@H](C2)N3C(=O)C(C)C)c1C. The van der Waals surface area contributed by atoms with E-state index in [1.165, 1.54) is 6.33 Å². The number of carbonyl (C=O) groups is 1. The molecule has 0 unspecified atom stereocenters. The van der Waals surface area contributed by atoms with E-state index in [9.17, 15) is 4.79 Å². The van der Waals surface area contributed by atoms with Crippen molar-refractivity contribution in [3.63, 3.8) is 0 Å². The number of hydrogen-bond acceptors (Lipinski definition) is 6. The van der Waals surface area contributed by atoms with Crippen molar-refractivity contribution in [1.82, 2.24) is 19.9 Å². The third kappa shape index (κ3) is 3.91. The topological polar surface area (TPSA) is 77.4 Å². The molecule has 0 saturated carbocycles. The first-order chi connectivity index (χ1) is 13.9. The number of piperidine rings is 1. The predicted octanol–water partition coefficient (Wildman–Crippen LogP) is 3.84. The van der Waals surface area contributed by atoms with Crippen LogP contribution >= 0.6 is 0 Å². The van der Waals surface area contributed by atoms with Crippen molar-refractivity contribution in [3.05, 3.63) is 35.9 Å². The molecule has 2 fully saturated rings. The zero-order valence-corrected chi connectivity index (χ0v) is 17.5. The van der Waals surface area contributed by atoms with Gasteiger partial charge in [0.15, 0.2) is 5.75 Å². The molecule has 7 nitrogen and oxygen atoms in total. The lowest BCUT2D eigenvalue weighted by Gasteiger charge is -2.39. The number of fused-ring (bicyclic) bond motifs is 2. The van der Waals surface area contributed by atoms with Gasteiger partial charge in [0.1, 0.15) is 12.4 Å². The van der Waals surface area contributed by atoms with Crippen LogP contribution < -0.4 is 9.47 Å². The fourth-order valence-electron chi connectivity index (χ4n) is 4.36. The average Bonchev–Trinajstić information content (AvgIpc) is 2.96. The Balaban J connectivity index is 1.47. The minimum absolute atomic E-state index is 0.0373. The van der Waals surface area contributed by atoms with Crippen LogP contribution in [0.4, 0.5) is 0 Å². The third-order valence-electron chi connectivity index (χ3n) is 5.87. The largest absolute Gasteiger partial charge is 0.474 e. The smallest absolute Gasteiger partial charge is 0.229 e. The molecule has 2 aliphatic heterocycles. The van der Waals surface area contributed by atoms with Crippen LogP contribution in [0.15, 0.2) is 24.7 Å². The van der Waals surface area contributed by atoms with Crippen molar-refractivity contribution < 1.29 is 14.3 Å². The van der Waals surface area contributed by atoms with Crippen LogP contribution in [-0.4, -0.2) is 43.9 Å². The highest BCUT2D eigenvalue weighted by Crippen LogP contribution is 2.39. The average molecular weight is 396 g/mol. The maximum absolute atomic E-state index is 12.6. The standard InChI is InChI=1S/C22H28N4O3/c1-13(2)22(27)26-16-7-8-17(26)11-18(10-16)28-20-14(3)21(25-12-24-20)29-19-6-5-9-23-15(19)4/h5-6,9,12-13,16-18H,7-8,10-11H2,1-4H3/t16-,17-/m0/s1. The molecular weight excluding hydrogens is 368 g/mol. The van der Waals surface area contributed by atoms with Gasteiger partial charge in [-0.25, -0.2) is 9.97 Å². The fourth-order valence-corrected chi connectivity index (χ4v) is 4.36. The van der Waals surface area contributed by atoms with Gasteiger partial charge in [-0.05, 0) is 38.8 Å². The number of carbonyl (C=O) groups excluding carboxylic acids is 1.